The van der Waals surface area contributed by atoms with Crippen LogP contribution in [0, 0.1) is 5.82 Å². The molecule has 17 heavy (non-hydrogen) atoms. The summed E-state index contributed by atoms with van der Waals surface area (Å²) in [6.07, 6.45) is 1.17. The second kappa shape index (κ2) is 5.94. The lowest BCUT2D eigenvalue weighted by Gasteiger charge is -2.26. The van der Waals surface area contributed by atoms with E-state index in [1.54, 1.807) is 0 Å². The van der Waals surface area contributed by atoms with Gasteiger partial charge in [-0.3, -0.25) is 4.90 Å². The highest BCUT2D eigenvalue weighted by Crippen LogP contribution is 2.21. The van der Waals surface area contributed by atoms with Gasteiger partial charge >= 0.3 is 0 Å². The number of nitrogens with zero attached hydrogens (tertiary/aromatic N) is 1. The molecule has 0 bridgehead atoms. The Balaban J connectivity index is 2.08. The quantitative estimate of drug-likeness (QED) is 0.903. The third-order valence-corrected chi connectivity index (χ3v) is 4.06. The molecule has 1 unspecified atom stereocenters. The Labute approximate surface area is 110 Å². The maximum absolute atomic E-state index is 13.0. The van der Waals surface area contributed by atoms with Crippen LogP contribution in [0.15, 0.2) is 22.7 Å². The zero-order valence-corrected chi connectivity index (χ0v) is 11.6. The summed E-state index contributed by atoms with van der Waals surface area (Å²) < 4.78 is 13.9. The molecule has 0 aromatic heterocycles. The third-order valence-electron chi connectivity index (χ3n) is 3.33. The average Bonchev–Trinajstić information content (AvgIpc) is 2.48. The van der Waals surface area contributed by atoms with E-state index in [-0.39, 0.29) is 5.82 Å². The molecule has 1 aliphatic heterocycles. The topological polar surface area (TPSA) is 15.3 Å². The van der Waals surface area contributed by atoms with Crippen molar-refractivity contribution in [1.29, 1.82) is 0 Å². The molecule has 0 radical (unpaired) electrons. The van der Waals surface area contributed by atoms with Gasteiger partial charge in [0, 0.05) is 30.1 Å². The van der Waals surface area contributed by atoms with Crippen LogP contribution in [0.5, 0.6) is 0 Å². The standard InChI is InChI=1S/C13H18BrFN2/c1-10-4-5-16-6-7-17(10)9-11-2-3-12(15)8-13(11)14/h2-3,8,10,16H,4-7,9H2,1H3. The van der Waals surface area contributed by atoms with E-state index in [0.717, 1.165) is 36.2 Å². The van der Waals surface area contributed by atoms with Crippen molar-refractivity contribution in [3.05, 3.63) is 34.1 Å². The summed E-state index contributed by atoms with van der Waals surface area (Å²) in [5.74, 6) is -0.189. The summed E-state index contributed by atoms with van der Waals surface area (Å²) >= 11 is 3.43. The van der Waals surface area contributed by atoms with Crippen LogP contribution in [0.25, 0.3) is 0 Å². The van der Waals surface area contributed by atoms with E-state index >= 15 is 0 Å². The first-order valence-corrected chi connectivity index (χ1v) is 6.85. The van der Waals surface area contributed by atoms with Gasteiger partial charge in [-0.25, -0.2) is 4.39 Å². The highest BCUT2D eigenvalue weighted by molar-refractivity contribution is 9.10. The minimum absolute atomic E-state index is 0.189. The van der Waals surface area contributed by atoms with Crippen LogP contribution in [0.2, 0.25) is 0 Å². The molecule has 1 saturated heterocycles. The van der Waals surface area contributed by atoms with Gasteiger partial charge in [0.05, 0.1) is 0 Å². The number of nitrogens with one attached hydrogen (secondary N) is 1. The van der Waals surface area contributed by atoms with E-state index < -0.39 is 0 Å². The lowest BCUT2D eigenvalue weighted by molar-refractivity contribution is 0.211. The van der Waals surface area contributed by atoms with Crippen molar-refractivity contribution in [2.75, 3.05) is 19.6 Å². The van der Waals surface area contributed by atoms with Crippen LogP contribution in [-0.4, -0.2) is 30.6 Å². The fourth-order valence-corrected chi connectivity index (χ4v) is 2.64. The monoisotopic (exact) mass is 300 g/mol. The van der Waals surface area contributed by atoms with E-state index in [2.05, 4.69) is 33.1 Å². The Morgan fingerprint density at radius 2 is 2.29 bits per heavy atom. The molecule has 2 nitrogen and oxygen atoms in total. The van der Waals surface area contributed by atoms with Crippen molar-refractivity contribution >= 4 is 15.9 Å². The Morgan fingerprint density at radius 3 is 3.06 bits per heavy atom. The van der Waals surface area contributed by atoms with Crippen molar-refractivity contribution in [2.24, 2.45) is 0 Å². The van der Waals surface area contributed by atoms with Crippen LogP contribution in [0.1, 0.15) is 18.9 Å². The summed E-state index contributed by atoms with van der Waals surface area (Å²) in [6.45, 7) is 6.30. The van der Waals surface area contributed by atoms with Gasteiger partial charge in [0.25, 0.3) is 0 Å². The molecular formula is C13H18BrFN2. The number of rotatable bonds is 2. The van der Waals surface area contributed by atoms with E-state index in [1.165, 1.54) is 18.6 Å². The number of hydrogen-bond acceptors (Lipinski definition) is 2. The normalized spacial score (nSPS) is 22.4. The average molecular weight is 301 g/mol. The zero-order chi connectivity index (χ0) is 12.3. The van der Waals surface area contributed by atoms with Crippen molar-refractivity contribution in [3.8, 4) is 0 Å². The van der Waals surface area contributed by atoms with Gasteiger partial charge in [-0.1, -0.05) is 22.0 Å². The summed E-state index contributed by atoms with van der Waals surface area (Å²) in [7, 11) is 0. The molecule has 0 spiro atoms. The van der Waals surface area contributed by atoms with Gasteiger partial charge in [-0.2, -0.15) is 0 Å². The molecule has 0 amide bonds. The molecule has 1 N–H and O–H groups in total. The molecule has 1 aliphatic rings. The molecule has 94 valence electrons. The first-order valence-electron chi connectivity index (χ1n) is 6.05. The van der Waals surface area contributed by atoms with Gasteiger partial charge in [-0.05, 0) is 37.6 Å². The number of benzene rings is 1. The Hall–Kier alpha value is -0.450. The summed E-state index contributed by atoms with van der Waals surface area (Å²) in [6, 6.07) is 5.50. The predicted molar refractivity (Wildman–Crippen MR) is 71.5 cm³/mol. The Morgan fingerprint density at radius 1 is 1.47 bits per heavy atom. The molecule has 1 atom stereocenters. The fraction of sp³-hybridized carbons (Fsp3) is 0.538. The van der Waals surface area contributed by atoms with E-state index in [9.17, 15) is 4.39 Å². The van der Waals surface area contributed by atoms with Gasteiger partial charge in [0.1, 0.15) is 5.82 Å². The summed E-state index contributed by atoms with van der Waals surface area (Å²) in [4.78, 5) is 2.44. The molecule has 1 aromatic rings. The van der Waals surface area contributed by atoms with Crippen LogP contribution in [0.3, 0.4) is 0 Å². The lowest BCUT2D eigenvalue weighted by atomic mass is 10.1. The zero-order valence-electron chi connectivity index (χ0n) is 10.0. The molecule has 2 rings (SSSR count). The fourth-order valence-electron chi connectivity index (χ4n) is 2.17. The number of halogens is 2. The third kappa shape index (κ3) is 3.50. The Bertz CT molecular complexity index is 384. The first-order chi connectivity index (χ1) is 8.16. The SMILES string of the molecule is CC1CCNCCN1Cc1ccc(F)cc1Br. The summed E-state index contributed by atoms with van der Waals surface area (Å²) in [5, 5.41) is 3.40. The van der Waals surface area contributed by atoms with E-state index in [1.807, 2.05) is 6.07 Å². The van der Waals surface area contributed by atoms with Crippen molar-refractivity contribution in [1.82, 2.24) is 10.2 Å². The van der Waals surface area contributed by atoms with Crippen molar-refractivity contribution in [3.63, 3.8) is 0 Å². The van der Waals surface area contributed by atoms with Gasteiger partial charge in [0.2, 0.25) is 0 Å². The largest absolute Gasteiger partial charge is 0.315 e. The van der Waals surface area contributed by atoms with Gasteiger partial charge in [0.15, 0.2) is 0 Å². The van der Waals surface area contributed by atoms with Crippen LogP contribution in [0.4, 0.5) is 4.39 Å². The molecule has 4 heteroatoms. The molecule has 1 aromatic carbocycles. The maximum atomic E-state index is 13.0. The number of hydrogen-bond donors (Lipinski definition) is 1. The molecule has 0 saturated carbocycles. The van der Waals surface area contributed by atoms with Crippen LogP contribution in [-0.2, 0) is 6.54 Å². The van der Waals surface area contributed by atoms with Gasteiger partial charge in [-0.15, -0.1) is 0 Å². The highest BCUT2D eigenvalue weighted by Gasteiger charge is 2.17. The predicted octanol–water partition coefficient (Wildman–Crippen LogP) is 2.77. The second-order valence-electron chi connectivity index (χ2n) is 4.59. The Kier molecular flexibility index (Phi) is 4.54. The first kappa shape index (κ1) is 13.0. The maximum Gasteiger partial charge on any atom is 0.124 e. The minimum atomic E-state index is -0.189. The van der Waals surface area contributed by atoms with Crippen LogP contribution >= 0.6 is 15.9 Å². The highest BCUT2D eigenvalue weighted by atomic mass is 79.9. The second-order valence-corrected chi connectivity index (χ2v) is 5.45. The van der Waals surface area contributed by atoms with Crippen molar-refractivity contribution < 1.29 is 4.39 Å². The lowest BCUT2D eigenvalue weighted by Crippen LogP contribution is -2.33. The summed E-state index contributed by atoms with van der Waals surface area (Å²) in [5.41, 5.74) is 1.15. The van der Waals surface area contributed by atoms with E-state index in [0.29, 0.717) is 6.04 Å². The molecule has 1 fully saturated rings. The molecular weight excluding hydrogens is 283 g/mol. The minimum Gasteiger partial charge on any atom is -0.315 e. The molecule has 0 aliphatic carbocycles. The van der Waals surface area contributed by atoms with Gasteiger partial charge < -0.3 is 5.32 Å². The van der Waals surface area contributed by atoms with E-state index in [4.69, 9.17) is 0 Å². The van der Waals surface area contributed by atoms with Crippen molar-refractivity contribution in [2.45, 2.75) is 25.9 Å². The molecule has 1 heterocycles. The smallest absolute Gasteiger partial charge is 0.124 e. The van der Waals surface area contributed by atoms with Crippen LogP contribution < -0.4 is 5.32 Å².